The Morgan fingerprint density at radius 1 is 0.554 bits per heavy atom. The number of rotatable bonds is 25. The first-order chi connectivity index (χ1) is 63.8. The minimum Gasteiger partial charge on any atom is -0.507 e. The molecule has 4 N–H and O–H groups in total. The number of aliphatic imine (C=N–C) groups is 3. The Hall–Kier alpha value is -8.58. The molecule has 2 amide bonds. The zero-order valence-electron chi connectivity index (χ0n) is 86.0. The van der Waals surface area contributed by atoms with E-state index >= 15 is 0 Å². The first-order valence-corrected chi connectivity index (χ1v) is 50.4. The number of aliphatic hydroxyl groups excluding tert-OH is 1. The van der Waals surface area contributed by atoms with Gasteiger partial charge in [0.05, 0.1) is 46.3 Å². The standard InChI is InChI=1S/C36H56N2O2.C23H24BrFN2O2.C22H23BrFNO2.C13H16ClFO.C9H8ClFO.C4H7I.C4H7NO.C2H6O.Co/c1-31(2,3)25-17-23(29(39)27(19-25)33(7,8)9)21-37-35(13,14)36(15,16)38-22-24-18-26(32(4,5)6)20-28(30(24)40)34(10,11)12;1-16(17-4-8-19(24)9-5-17)27-13-12-23(29-21(27)28,14-22(2,3)15-26)18-6-10-20(25)11-7-18;1-15(2)14-22(18-6-10-20(24)11-7-18)12-13-25(21(26)27-22)16(3)17-4-8-19(23)9-5-17;1-10(2)9-13(16,7-8-14)11-3-5-12(15)6-4-11;10-6-5-9(12)7-1-3-8(11)4-2-7;1-4(2)3-5;1-4(2)5-3-6;1-2-3;/h17-22,39-40H,1-16H3;4-11,16H,12-14H2,1-3H3;4-11,16H,1,12-14H2,2-3H3;3-6,16H,1,7-9H2,2H3;1-4H,5-6H2;1,3H2,2H3;4H,1-2H3;3H,2H2,1H3;/t;16-,23-;16-,22-;;;;;;/m.00....../s1. The zero-order chi connectivity index (χ0) is 105. The van der Waals surface area contributed by atoms with Crippen LogP contribution in [0.25, 0.3) is 0 Å². The van der Waals surface area contributed by atoms with Crippen molar-refractivity contribution in [1.29, 1.82) is 5.26 Å². The molecule has 0 bridgehead atoms. The van der Waals surface area contributed by atoms with Crippen LogP contribution >= 0.6 is 77.7 Å². The summed E-state index contributed by atoms with van der Waals surface area (Å²) in [5, 5.41) is 50.1. The van der Waals surface area contributed by atoms with Crippen LogP contribution in [0.2, 0.25) is 0 Å². The normalized spacial score (nSPS) is 15.8. The van der Waals surface area contributed by atoms with Crippen molar-refractivity contribution in [2.45, 2.75) is 293 Å². The van der Waals surface area contributed by atoms with E-state index in [2.05, 4.69) is 208 Å². The van der Waals surface area contributed by atoms with Crippen LogP contribution in [0.15, 0.2) is 230 Å². The second-order valence-corrected chi connectivity index (χ2v) is 44.5. The van der Waals surface area contributed by atoms with Crippen LogP contribution < -0.4 is 0 Å². The smallest absolute Gasteiger partial charge is 0.411 e. The first-order valence-electron chi connectivity index (χ1n) is 46.2. The number of aromatic hydroxyl groups is 2. The van der Waals surface area contributed by atoms with Crippen LogP contribution in [0.1, 0.15) is 309 Å². The molecule has 761 valence electrons. The number of carbonyl (C=O) groups is 3. The maximum atomic E-state index is 13.5. The van der Waals surface area contributed by atoms with Gasteiger partial charge in [-0.2, -0.15) is 5.26 Å². The third kappa shape index (κ3) is 40.6. The molecule has 2 aliphatic rings. The maximum Gasteiger partial charge on any atom is 0.411 e. The number of hydrogen-bond acceptors (Lipinski definition) is 14. The van der Waals surface area contributed by atoms with Crippen molar-refractivity contribution >= 4 is 114 Å². The Morgan fingerprint density at radius 3 is 1.19 bits per heavy atom. The molecule has 26 heteroatoms. The van der Waals surface area contributed by atoms with Crippen molar-refractivity contribution in [3.63, 3.8) is 0 Å². The number of nitrogens with zero attached hydrogens (tertiary/aromatic N) is 6. The summed E-state index contributed by atoms with van der Waals surface area (Å²) in [4.78, 5) is 63.2. The molecule has 0 saturated carbocycles. The summed E-state index contributed by atoms with van der Waals surface area (Å²) in [5.74, 6) is -0.153. The Labute approximate surface area is 877 Å². The SMILES string of the molecule is C=C(C)CC(O)(CCCl)c1ccc(F)cc1.C=C(C)CI.C=C(C)C[C@]1(c2ccc(F)cc2)CCN([C@@H](C)c2ccc(Br)cc2)C(=O)O1.CC(C)(C)c1cc(C=NC(C)(C)C(C)(C)N=Cc2cc(C(C)(C)C)cc(C(C)(C)C)c2O)c(O)c(C(C)(C)C)c1.CC(C)N=C=O.CCO.C[C@@H](c1ccc(Br)cc1)N1CC[C@](CC(C)(C)C#N)(c2ccc(F)cc2)OC1=O.O=C(CCCl)c1ccc(F)cc1.[Co]. The van der Waals surface area contributed by atoms with Gasteiger partial charge in [0.2, 0.25) is 6.08 Å². The van der Waals surface area contributed by atoms with Crippen LogP contribution in [0.4, 0.5) is 27.2 Å². The van der Waals surface area contributed by atoms with Crippen molar-refractivity contribution < 1.29 is 83.4 Å². The van der Waals surface area contributed by atoms with Crippen molar-refractivity contribution in [1.82, 2.24) is 9.80 Å². The monoisotopic (exact) mass is 2240 g/mol. The van der Waals surface area contributed by atoms with Crippen LogP contribution in [-0.2, 0) is 69.5 Å². The summed E-state index contributed by atoms with van der Waals surface area (Å²) < 4.78 is 67.1. The fourth-order valence-electron chi connectivity index (χ4n) is 14.5. The van der Waals surface area contributed by atoms with Gasteiger partial charge in [0.1, 0.15) is 46.0 Å². The molecule has 0 aromatic heterocycles. The average Bonchev–Trinajstić information content (AvgIpc) is 0.770. The fourth-order valence-corrected chi connectivity index (χ4v) is 15.5. The molecular weight excluding hydrogens is 2090 g/mol. The first kappa shape index (κ1) is 126. The van der Waals surface area contributed by atoms with Gasteiger partial charge in [-0.15, -0.1) is 29.8 Å². The Kier molecular flexibility index (Phi) is 51.4. The van der Waals surface area contributed by atoms with E-state index in [1.165, 1.54) is 72.3 Å². The predicted molar refractivity (Wildman–Crippen MR) is 576 cm³/mol. The van der Waals surface area contributed by atoms with E-state index in [1.807, 2.05) is 123 Å². The number of amides is 2. The molecule has 8 aromatic rings. The number of hydrogen-bond donors (Lipinski definition) is 4. The van der Waals surface area contributed by atoms with Gasteiger partial charge in [0.25, 0.3) is 0 Å². The Balaban J connectivity index is 0.000000589. The second-order valence-electron chi connectivity index (χ2n) is 41.1. The Bertz CT molecular complexity index is 5350. The molecule has 2 saturated heterocycles. The average molecular weight is 2240 g/mol. The van der Waals surface area contributed by atoms with E-state index in [1.54, 1.807) is 65.6 Å². The van der Waals surface area contributed by atoms with Gasteiger partial charge in [0.15, 0.2) is 5.78 Å². The minimum atomic E-state index is -1.04. The Morgan fingerprint density at radius 2 is 0.899 bits per heavy atom. The van der Waals surface area contributed by atoms with Gasteiger partial charge in [-0.05, 0) is 261 Å². The van der Waals surface area contributed by atoms with Gasteiger partial charge in [-0.1, -0.05) is 240 Å². The van der Waals surface area contributed by atoms with Crippen molar-refractivity contribution in [3.05, 3.63) is 305 Å². The number of allylic oxidation sites excluding steroid dienone is 1. The summed E-state index contributed by atoms with van der Waals surface area (Å²) in [7, 11) is 0. The van der Waals surface area contributed by atoms with Crippen LogP contribution in [0.3, 0.4) is 0 Å². The van der Waals surface area contributed by atoms with E-state index < -0.39 is 39.4 Å². The van der Waals surface area contributed by atoms with E-state index in [0.29, 0.717) is 86.5 Å². The largest absolute Gasteiger partial charge is 0.507 e. The molecule has 8 aromatic carbocycles. The molecule has 139 heavy (non-hydrogen) atoms. The second kappa shape index (κ2) is 56.5. The number of nitriles is 1. The van der Waals surface area contributed by atoms with Gasteiger partial charge in [0, 0.05) is 140 Å². The minimum absolute atomic E-state index is 0. The molecule has 2 fully saturated rings. The molecule has 1 radical (unpaired) electrons. The molecule has 16 nitrogen and oxygen atoms in total. The van der Waals surface area contributed by atoms with E-state index in [-0.39, 0.29) is 110 Å². The molecular formula is C113H147Br2Cl2CoF4IN6O10. The number of ether oxygens (including phenoxy) is 2. The van der Waals surface area contributed by atoms with E-state index in [0.717, 1.165) is 74.6 Å². The van der Waals surface area contributed by atoms with Crippen LogP contribution in [-0.4, -0.2) is 120 Å². The summed E-state index contributed by atoms with van der Waals surface area (Å²) in [6, 6.07) is 49.8. The molecule has 2 heterocycles. The number of Topliss-reactive ketones (excluding diaryl/α,β-unsaturated/α-hetero) is 1. The third-order valence-corrected chi connectivity index (χ3v) is 26.0. The number of aliphatic hydroxyl groups is 2. The van der Waals surface area contributed by atoms with Crippen molar-refractivity contribution in [2.75, 3.05) is 35.9 Å². The fraction of sp³-hybridized carbons (Fsp3) is 0.460. The van der Waals surface area contributed by atoms with Crippen molar-refractivity contribution in [3.8, 4) is 17.6 Å². The van der Waals surface area contributed by atoms with Gasteiger partial charge >= 0.3 is 12.2 Å². The number of phenolic OH excluding ortho intramolecular Hbond substituents is 2. The quantitative estimate of drug-likeness (QED) is 0.00799. The number of phenols is 2. The van der Waals surface area contributed by atoms with E-state index in [4.69, 9.17) is 47.8 Å². The molecule has 5 atom stereocenters. The summed E-state index contributed by atoms with van der Waals surface area (Å²) in [6.45, 7) is 65.5. The van der Waals surface area contributed by atoms with Gasteiger partial charge < -0.3 is 39.7 Å². The van der Waals surface area contributed by atoms with Gasteiger partial charge in [-0.25, -0.2) is 36.9 Å². The van der Waals surface area contributed by atoms with Crippen molar-refractivity contribution in [2.24, 2.45) is 20.4 Å². The molecule has 10 rings (SSSR count). The molecule has 2 aliphatic heterocycles. The van der Waals surface area contributed by atoms with Crippen LogP contribution in [0, 0.1) is 40.0 Å². The number of isocyanates is 1. The molecule has 0 spiro atoms. The maximum absolute atomic E-state index is 13.5. The number of halogens is 9. The van der Waals surface area contributed by atoms with E-state index in [9.17, 15) is 57.3 Å². The molecule has 1 unspecified atom stereocenters. The van der Waals surface area contributed by atoms with Gasteiger partial charge in [-0.3, -0.25) is 14.8 Å². The summed E-state index contributed by atoms with van der Waals surface area (Å²) in [5.41, 5.74) is 8.16. The number of ketones is 1. The van der Waals surface area contributed by atoms with Crippen LogP contribution in [0.5, 0.6) is 11.5 Å². The third-order valence-electron chi connectivity index (χ3n) is 23.2. The topological polar surface area (TPSA) is 235 Å². The number of alkyl halides is 3. The predicted octanol–water partition coefficient (Wildman–Crippen LogP) is 31.0. The number of cyclic esters (lactones) is 2. The number of benzene rings is 8. The zero-order valence-corrected chi connectivity index (χ0v) is 93.9. The summed E-state index contributed by atoms with van der Waals surface area (Å²) in [6.07, 6.45) is 7.42. The molecule has 0 aliphatic carbocycles. The summed E-state index contributed by atoms with van der Waals surface area (Å²) >= 11 is 20.2. The number of carbonyl (C=O) groups excluding carboxylic acids is 4.